The summed E-state index contributed by atoms with van der Waals surface area (Å²) in [6.45, 7) is 5.51. The molecule has 0 saturated heterocycles. The van der Waals surface area contributed by atoms with Gasteiger partial charge in [0.05, 0.1) is 24.0 Å². The topological polar surface area (TPSA) is 41.3 Å². The van der Waals surface area contributed by atoms with E-state index in [1.807, 2.05) is 10.7 Å². The molecule has 0 amide bonds. The summed E-state index contributed by atoms with van der Waals surface area (Å²) in [5.74, 6) is 0. The molecule has 0 fully saturated rings. The van der Waals surface area contributed by atoms with Crippen molar-refractivity contribution in [2.45, 2.75) is 37.6 Å². The molecule has 1 aromatic carbocycles. The SMILES string of the molecule is CSc1ccccc1CN1CCn2nc([C@H](C)O)cc2C1. The highest BCUT2D eigenvalue weighted by Gasteiger charge is 2.20. The third kappa shape index (κ3) is 3.15. The monoisotopic (exact) mass is 303 g/mol. The Labute approximate surface area is 129 Å². The number of fused-ring (bicyclic) bond motifs is 1. The summed E-state index contributed by atoms with van der Waals surface area (Å²) in [6.07, 6.45) is 1.63. The number of nitrogens with zero attached hydrogens (tertiary/aromatic N) is 3. The molecule has 0 spiro atoms. The number of aliphatic hydroxyl groups excluding tert-OH is 1. The quantitative estimate of drug-likeness (QED) is 0.882. The molecule has 0 bridgehead atoms. The van der Waals surface area contributed by atoms with Crippen molar-refractivity contribution in [2.75, 3.05) is 12.8 Å². The van der Waals surface area contributed by atoms with E-state index in [9.17, 15) is 5.11 Å². The predicted octanol–water partition coefficient (Wildman–Crippen LogP) is 2.67. The average molecular weight is 303 g/mol. The second kappa shape index (κ2) is 6.22. The minimum absolute atomic E-state index is 0.492. The molecule has 1 aliphatic rings. The van der Waals surface area contributed by atoms with Gasteiger partial charge in [0.15, 0.2) is 0 Å². The third-order valence-corrected chi connectivity index (χ3v) is 4.75. The number of thioether (sulfide) groups is 1. The van der Waals surface area contributed by atoms with Crippen molar-refractivity contribution in [3.05, 3.63) is 47.3 Å². The third-order valence-electron chi connectivity index (χ3n) is 3.91. The molecule has 0 radical (unpaired) electrons. The maximum absolute atomic E-state index is 9.65. The van der Waals surface area contributed by atoms with Gasteiger partial charge in [-0.2, -0.15) is 5.10 Å². The van der Waals surface area contributed by atoms with Crippen LogP contribution in [0.2, 0.25) is 0 Å². The van der Waals surface area contributed by atoms with Gasteiger partial charge in [0.2, 0.25) is 0 Å². The number of hydrogen-bond acceptors (Lipinski definition) is 4. The van der Waals surface area contributed by atoms with Gasteiger partial charge < -0.3 is 5.11 Å². The van der Waals surface area contributed by atoms with Crippen LogP contribution in [-0.2, 0) is 19.6 Å². The lowest BCUT2D eigenvalue weighted by Gasteiger charge is -2.28. The van der Waals surface area contributed by atoms with Crippen LogP contribution in [0.4, 0.5) is 0 Å². The second-order valence-electron chi connectivity index (χ2n) is 5.48. The number of aliphatic hydroxyl groups is 1. The van der Waals surface area contributed by atoms with Crippen LogP contribution in [0.3, 0.4) is 0 Å². The Morgan fingerprint density at radius 2 is 2.14 bits per heavy atom. The Morgan fingerprint density at radius 1 is 1.33 bits per heavy atom. The lowest BCUT2D eigenvalue weighted by atomic mass is 10.2. The smallest absolute Gasteiger partial charge is 0.0950 e. The van der Waals surface area contributed by atoms with E-state index in [0.29, 0.717) is 0 Å². The molecule has 21 heavy (non-hydrogen) atoms. The van der Waals surface area contributed by atoms with Crippen LogP contribution in [0.1, 0.15) is 30.0 Å². The van der Waals surface area contributed by atoms with Crippen molar-refractivity contribution < 1.29 is 5.11 Å². The summed E-state index contributed by atoms with van der Waals surface area (Å²) in [5, 5.41) is 14.1. The first-order chi connectivity index (χ1) is 10.2. The van der Waals surface area contributed by atoms with Crippen LogP contribution in [-0.4, -0.2) is 32.6 Å². The Kier molecular flexibility index (Phi) is 4.33. The van der Waals surface area contributed by atoms with Gasteiger partial charge in [-0.25, -0.2) is 0 Å². The first-order valence-corrected chi connectivity index (χ1v) is 8.49. The summed E-state index contributed by atoms with van der Waals surface area (Å²) in [4.78, 5) is 3.79. The molecule has 0 unspecified atom stereocenters. The molecule has 1 aliphatic heterocycles. The van der Waals surface area contributed by atoms with Crippen molar-refractivity contribution in [1.82, 2.24) is 14.7 Å². The summed E-state index contributed by atoms with van der Waals surface area (Å²) in [7, 11) is 0. The first-order valence-electron chi connectivity index (χ1n) is 7.26. The van der Waals surface area contributed by atoms with Crippen LogP contribution in [0.5, 0.6) is 0 Å². The Hall–Kier alpha value is -1.30. The zero-order valence-electron chi connectivity index (χ0n) is 12.5. The molecule has 0 saturated carbocycles. The summed E-state index contributed by atoms with van der Waals surface area (Å²) >= 11 is 1.80. The van der Waals surface area contributed by atoms with Crippen molar-refractivity contribution >= 4 is 11.8 Å². The molecule has 1 atom stereocenters. The molecule has 2 aromatic rings. The Morgan fingerprint density at radius 3 is 2.90 bits per heavy atom. The van der Waals surface area contributed by atoms with E-state index in [-0.39, 0.29) is 0 Å². The maximum Gasteiger partial charge on any atom is 0.0950 e. The highest BCUT2D eigenvalue weighted by Crippen LogP contribution is 2.24. The van der Waals surface area contributed by atoms with Crippen LogP contribution in [0.25, 0.3) is 0 Å². The van der Waals surface area contributed by atoms with E-state index < -0.39 is 6.10 Å². The van der Waals surface area contributed by atoms with Gasteiger partial charge in [0.1, 0.15) is 0 Å². The summed E-state index contributed by atoms with van der Waals surface area (Å²) in [5.41, 5.74) is 3.35. The minimum Gasteiger partial charge on any atom is -0.387 e. The molecule has 1 N–H and O–H groups in total. The summed E-state index contributed by atoms with van der Waals surface area (Å²) in [6, 6.07) is 10.6. The highest BCUT2D eigenvalue weighted by molar-refractivity contribution is 7.98. The number of aromatic nitrogens is 2. The standard InChI is InChI=1S/C16H21N3OS/c1-12(20)15-9-14-11-18(7-8-19(14)17-15)10-13-5-3-4-6-16(13)21-2/h3-6,9,12,20H,7-8,10-11H2,1-2H3/t12-/m0/s1. The Balaban J connectivity index is 1.74. The van der Waals surface area contributed by atoms with Crippen molar-refractivity contribution in [3.8, 4) is 0 Å². The van der Waals surface area contributed by atoms with Crippen LogP contribution < -0.4 is 0 Å². The van der Waals surface area contributed by atoms with Gasteiger partial charge in [-0.3, -0.25) is 9.58 Å². The van der Waals surface area contributed by atoms with E-state index >= 15 is 0 Å². The van der Waals surface area contributed by atoms with Gasteiger partial charge >= 0.3 is 0 Å². The van der Waals surface area contributed by atoms with E-state index in [4.69, 9.17) is 0 Å². The predicted molar refractivity (Wildman–Crippen MR) is 85.2 cm³/mol. The van der Waals surface area contributed by atoms with Gasteiger partial charge in [0.25, 0.3) is 0 Å². The number of rotatable bonds is 4. The number of benzene rings is 1. The largest absolute Gasteiger partial charge is 0.387 e. The van der Waals surface area contributed by atoms with Gasteiger partial charge in [0, 0.05) is 24.5 Å². The van der Waals surface area contributed by atoms with Crippen LogP contribution in [0.15, 0.2) is 35.2 Å². The van der Waals surface area contributed by atoms with E-state index in [2.05, 4.69) is 40.5 Å². The molecule has 1 aromatic heterocycles. The molecule has 112 valence electrons. The highest BCUT2D eigenvalue weighted by atomic mass is 32.2. The fraction of sp³-hybridized carbons (Fsp3) is 0.438. The van der Waals surface area contributed by atoms with Crippen LogP contribution in [0, 0.1) is 0 Å². The van der Waals surface area contributed by atoms with Crippen molar-refractivity contribution in [3.63, 3.8) is 0 Å². The Bertz CT molecular complexity index is 624. The molecular weight excluding hydrogens is 282 g/mol. The molecule has 5 heteroatoms. The van der Waals surface area contributed by atoms with Crippen LogP contribution >= 0.6 is 11.8 Å². The maximum atomic E-state index is 9.65. The van der Waals surface area contributed by atoms with E-state index in [0.717, 1.165) is 31.9 Å². The summed E-state index contributed by atoms with van der Waals surface area (Å²) < 4.78 is 2.03. The van der Waals surface area contributed by atoms with E-state index in [1.54, 1.807) is 18.7 Å². The second-order valence-corrected chi connectivity index (χ2v) is 6.33. The average Bonchev–Trinajstić information content (AvgIpc) is 2.91. The van der Waals surface area contributed by atoms with Gasteiger partial charge in [-0.1, -0.05) is 18.2 Å². The van der Waals surface area contributed by atoms with Gasteiger partial charge in [-0.05, 0) is 30.9 Å². The molecular formula is C16H21N3OS. The lowest BCUT2D eigenvalue weighted by molar-refractivity contribution is 0.189. The normalized spacial score (nSPS) is 16.7. The van der Waals surface area contributed by atoms with Crippen molar-refractivity contribution in [1.29, 1.82) is 0 Å². The minimum atomic E-state index is -0.492. The van der Waals surface area contributed by atoms with Crippen molar-refractivity contribution in [2.24, 2.45) is 0 Å². The zero-order valence-corrected chi connectivity index (χ0v) is 13.3. The first kappa shape index (κ1) is 14.6. The fourth-order valence-electron chi connectivity index (χ4n) is 2.76. The number of hydrogen-bond donors (Lipinski definition) is 1. The molecule has 2 heterocycles. The lowest BCUT2D eigenvalue weighted by Crippen LogP contribution is -2.33. The molecule has 0 aliphatic carbocycles. The fourth-order valence-corrected chi connectivity index (χ4v) is 3.37. The van der Waals surface area contributed by atoms with E-state index in [1.165, 1.54) is 16.2 Å². The molecule has 4 nitrogen and oxygen atoms in total. The zero-order chi connectivity index (χ0) is 14.8. The molecule has 3 rings (SSSR count). The van der Waals surface area contributed by atoms with Gasteiger partial charge in [-0.15, -0.1) is 11.8 Å².